The van der Waals surface area contributed by atoms with Gasteiger partial charge in [0, 0.05) is 30.4 Å². The van der Waals surface area contributed by atoms with Gasteiger partial charge in [-0.1, -0.05) is 23.7 Å². The van der Waals surface area contributed by atoms with Crippen LogP contribution in [0.15, 0.2) is 52.3 Å². The fourth-order valence-electron chi connectivity index (χ4n) is 2.95. The number of nitrogens with one attached hydrogen (secondary N) is 2. The van der Waals surface area contributed by atoms with Crippen molar-refractivity contribution in [3.63, 3.8) is 0 Å². The lowest BCUT2D eigenvalue weighted by Crippen LogP contribution is -2.35. The number of nitrogens with zero attached hydrogens (tertiary/aromatic N) is 1. The van der Waals surface area contributed by atoms with Crippen molar-refractivity contribution in [1.82, 2.24) is 9.62 Å². The van der Waals surface area contributed by atoms with E-state index < -0.39 is 15.3 Å². The van der Waals surface area contributed by atoms with Crippen molar-refractivity contribution in [2.75, 3.05) is 19.4 Å². The highest BCUT2D eigenvalue weighted by atomic mass is 35.5. The Morgan fingerprint density at radius 3 is 2.53 bits per heavy atom. The van der Waals surface area contributed by atoms with Crippen molar-refractivity contribution in [2.45, 2.75) is 34.4 Å². The van der Waals surface area contributed by atoms with Crippen molar-refractivity contribution in [3.8, 4) is 0 Å². The van der Waals surface area contributed by atoms with Crippen molar-refractivity contribution in [3.05, 3.63) is 53.1 Å². The van der Waals surface area contributed by atoms with E-state index in [1.165, 1.54) is 38.0 Å². The Kier molecular flexibility index (Phi) is 6.76. The van der Waals surface area contributed by atoms with Crippen LogP contribution < -0.4 is 10.6 Å². The van der Waals surface area contributed by atoms with Gasteiger partial charge >= 0.3 is 0 Å². The maximum atomic E-state index is 12.5. The molecule has 2 aromatic carbocycles. The lowest BCUT2D eigenvalue weighted by molar-refractivity contribution is -0.124. The first-order valence-corrected chi connectivity index (χ1v) is 11.9. The number of hydrogen-bond donors (Lipinski definition) is 2. The summed E-state index contributed by atoms with van der Waals surface area (Å²) in [5, 5.41) is 5.64. The van der Waals surface area contributed by atoms with Crippen molar-refractivity contribution >= 4 is 50.9 Å². The Morgan fingerprint density at radius 2 is 1.90 bits per heavy atom. The third kappa shape index (κ3) is 4.97. The van der Waals surface area contributed by atoms with Gasteiger partial charge in [-0.2, -0.15) is 0 Å². The topological polar surface area (TPSA) is 95.6 Å². The van der Waals surface area contributed by atoms with Crippen LogP contribution in [0.1, 0.15) is 24.9 Å². The monoisotopic (exact) mass is 467 g/mol. The number of amides is 2. The van der Waals surface area contributed by atoms with Gasteiger partial charge in [-0.25, -0.2) is 12.7 Å². The summed E-state index contributed by atoms with van der Waals surface area (Å²) in [7, 11) is -0.563. The summed E-state index contributed by atoms with van der Waals surface area (Å²) in [4.78, 5) is 25.9. The number of thioether (sulfide) groups is 1. The second-order valence-electron chi connectivity index (χ2n) is 7.09. The van der Waals surface area contributed by atoms with Crippen LogP contribution in [0, 0.1) is 0 Å². The van der Waals surface area contributed by atoms with Gasteiger partial charge in [0.15, 0.2) is 0 Å². The van der Waals surface area contributed by atoms with Crippen LogP contribution in [0.3, 0.4) is 0 Å². The molecule has 0 spiro atoms. The zero-order valence-corrected chi connectivity index (χ0v) is 19.1. The maximum absolute atomic E-state index is 12.5. The van der Waals surface area contributed by atoms with E-state index in [-0.39, 0.29) is 29.2 Å². The first-order valence-electron chi connectivity index (χ1n) is 9.17. The van der Waals surface area contributed by atoms with Crippen LogP contribution in [0.25, 0.3) is 0 Å². The average molecular weight is 468 g/mol. The smallest absolute Gasteiger partial charge is 0.242 e. The Hall–Kier alpha value is -2.07. The van der Waals surface area contributed by atoms with Crippen LogP contribution in [0.2, 0.25) is 5.02 Å². The van der Waals surface area contributed by atoms with E-state index in [4.69, 9.17) is 11.6 Å². The van der Waals surface area contributed by atoms with Crippen LogP contribution in [0.4, 0.5) is 5.69 Å². The summed E-state index contributed by atoms with van der Waals surface area (Å²) < 4.78 is 25.5. The third-order valence-corrected chi connectivity index (χ3v) is 8.01. The SMILES string of the molecule is CC(NC(=O)CC1Sc2ccc(Cl)cc2NC1=O)c1ccc(S(=O)(=O)N(C)C)cc1. The van der Waals surface area contributed by atoms with E-state index in [1.807, 2.05) is 6.07 Å². The Morgan fingerprint density at radius 1 is 1.23 bits per heavy atom. The first kappa shape index (κ1) is 22.6. The number of sulfonamides is 1. The van der Waals surface area contributed by atoms with Gasteiger partial charge in [0.05, 0.1) is 21.9 Å². The van der Waals surface area contributed by atoms with Crippen LogP contribution in [-0.2, 0) is 19.6 Å². The predicted molar refractivity (Wildman–Crippen MR) is 118 cm³/mol. The molecule has 1 aliphatic rings. The molecule has 2 atom stereocenters. The normalized spacial score (nSPS) is 17.2. The second-order valence-corrected chi connectivity index (χ2v) is 10.9. The number of carbonyl (C=O) groups excluding carboxylic acids is 2. The summed E-state index contributed by atoms with van der Waals surface area (Å²) in [5.41, 5.74) is 1.41. The van der Waals surface area contributed by atoms with Gasteiger partial charge in [0.1, 0.15) is 0 Å². The summed E-state index contributed by atoms with van der Waals surface area (Å²) in [6.45, 7) is 1.80. The van der Waals surface area contributed by atoms with E-state index >= 15 is 0 Å². The van der Waals surface area contributed by atoms with E-state index in [0.717, 1.165) is 14.8 Å². The molecule has 7 nitrogen and oxygen atoms in total. The second kappa shape index (κ2) is 8.97. The fourth-order valence-corrected chi connectivity index (χ4v) is 5.11. The molecular weight excluding hydrogens is 446 g/mol. The van der Waals surface area contributed by atoms with Crippen LogP contribution >= 0.6 is 23.4 Å². The van der Waals surface area contributed by atoms with Gasteiger partial charge < -0.3 is 10.6 Å². The Balaban J connectivity index is 1.62. The molecule has 0 saturated heterocycles. The molecule has 0 bridgehead atoms. The van der Waals surface area contributed by atoms with Crippen LogP contribution in [-0.4, -0.2) is 43.9 Å². The molecule has 30 heavy (non-hydrogen) atoms. The number of carbonyl (C=O) groups is 2. The molecule has 0 aromatic heterocycles. The summed E-state index contributed by atoms with van der Waals surface area (Å²) in [6.07, 6.45) is 0.0238. The highest BCUT2D eigenvalue weighted by molar-refractivity contribution is 8.01. The maximum Gasteiger partial charge on any atom is 0.242 e. The minimum Gasteiger partial charge on any atom is -0.350 e. The van der Waals surface area contributed by atoms with Crippen molar-refractivity contribution < 1.29 is 18.0 Å². The fraction of sp³-hybridized carbons (Fsp3) is 0.300. The van der Waals surface area contributed by atoms with E-state index in [0.29, 0.717) is 10.7 Å². The number of anilines is 1. The van der Waals surface area contributed by atoms with E-state index in [1.54, 1.807) is 31.2 Å². The number of fused-ring (bicyclic) bond motifs is 1. The lowest BCUT2D eigenvalue weighted by atomic mass is 10.1. The third-order valence-electron chi connectivity index (χ3n) is 4.67. The van der Waals surface area contributed by atoms with Gasteiger partial charge in [-0.3, -0.25) is 9.59 Å². The largest absolute Gasteiger partial charge is 0.350 e. The standard InChI is InChI=1S/C20H22ClN3O4S2/c1-12(13-4-7-15(8-5-13)30(27,28)24(2)3)22-19(25)11-18-20(26)23-16-10-14(21)6-9-17(16)29-18/h4-10,12,18H,11H2,1-3H3,(H,22,25)(H,23,26). The minimum absolute atomic E-state index is 0.0238. The molecule has 2 aromatic rings. The molecule has 2 amide bonds. The highest BCUT2D eigenvalue weighted by Gasteiger charge is 2.29. The molecule has 10 heteroatoms. The van der Waals surface area contributed by atoms with Crippen LogP contribution in [0.5, 0.6) is 0 Å². The number of rotatable bonds is 6. The molecule has 3 rings (SSSR count). The Bertz CT molecular complexity index is 1070. The molecule has 1 heterocycles. The molecule has 0 radical (unpaired) electrons. The molecule has 0 aliphatic carbocycles. The molecule has 160 valence electrons. The van der Waals surface area contributed by atoms with Crippen molar-refractivity contribution in [1.29, 1.82) is 0 Å². The van der Waals surface area contributed by atoms with Gasteiger partial charge in [-0.05, 0) is 42.8 Å². The summed E-state index contributed by atoms with van der Waals surface area (Å²) in [5.74, 6) is -0.506. The van der Waals surface area contributed by atoms with E-state index in [2.05, 4.69) is 10.6 Å². The number of benzene rings is 2. The molecular formula is C20H22ClN3O4S2. The zero-order valence-electron chi connectivity index (χ0n) is 16.7. The molecule has 1 aliphatic heterocycles. The number of halogens is 1. The van der Waals surface area contributed by atoms with Gasteiger partial charge in [0.2, 0.25) is 21.8 Å². The highest BCUT2D eigenvalue weighted by Crippen LogP contribution is 2.38. The first-order chi connectivity index (χ1) is 14.1. The summed E-state index contributed by atoms with van der Waals surface area (Å²) >= 11 is 7.28. The lowest BCUT2D eigenvalue weighted by Gasteiger charge is -2.24. The average Bonchev–Trinajstić information content (AvgIpc) is 2.68. The molecule has 0 saturated carbocycles. The zero-order chi connectivity index (χ0) is 22.1. The predicted octanol–water partition coefficient (Wildman–Crippen LogP) is 3.27. The molecule has 0 fully saturated rings. The molecule has 2 N–H and O–H groups in total. The van der Waals surface area contributed by atoms with Gasteiger partial charge in [-0.15, -0.1) is 11.8 Å². The van der Waals surface area contributed by atoms with Gasteiger partial charge in [0.25, 0.3) is 0 Å². The van der Waals surface area contributed by atoms with E-state index in [9.17, 15) is 18.0 Å². The minimum atomic E-state index is -3.50. The quantitative estimate of drug-likeness (QED) is 0.679. The Labute approximate surface area is 185 Å². The summed E-state index contributed by atoms with van der Waals surface area (Å²) in [6, 6.07) is 11.3. The van der Waals surface area contributed by atoms with Crippen molar-refractivity contribution in [2.24, 2.45) is 0 Å². The number of hydrogen-bond acceptors (Lipinski definition) is 5. The molecule has 2 unspecified atom stereocenters.